The van der Waals surface area contributed by atoms with Gasteiger partial charge in [-0.3, -0.25) is 0 Å². The Balaban J connectivity index is 2.43. The molecule has 0 amide bonds. The summed E-state index contributed by atoms with van der Waals surface area (Å²) in [6, 6.07) is 0. The number of rotatable bonds is 5. The first-order valence-electron chi connectivity index (χ1n) is 5.34. The summed E-state index contributed by atoms with van der Waals surface area (Å²) in [5.74, 6) is 0.427. The maximum atomic E-state index is 12.6. The van der Waals surface area contributed by atoms with E-state index in [0.717, 1.165) is 0 Å². The van der Waals surface area contributed by atoms with Crippen LogP contribution in [0.1, 0.15) is 26.7 Å². The zero-order chi connectivity index (χ0) is 11.7. The molecule has 0 radical (unpaired) electrons. The molecule has 90 valence electrons. The highest BCUT2D eigenvalue weighted by molar-refractivity contribution is 5.08. The number of nitrogens with two attached hydrogens (primary N) is 1. The van der Waals surface area contributed by atoms with Crippen molar-refractivity contribution in [3.05, 3.63) is 0 Å². The summed E-state index contributed by atoms with van der Waals surface area (Å²) in [6.07, 6.45) is -3.72. The molecule has 0 saturated heterocycles. The normalized spacial score (nSPS) is 21.8. The molecule has 0 heterocycles. The average molecular weight is 224 g/mol. The molecule has 0 aromatic rings. The van der Waals surface area contributed by atoms with E-state index in [2.05, 4.69) is 5.32 Å². The third-order valence-corrected chi connectivity index (χ3v) is 3.24. The summed E-state index contributed by atoms with van der Waals surface area (Å²) >= 11 is 0. The van der Waals surface area contributed by atoms with Gasteiger partial charge in [0.25, 0.3) is 0 Å². The van der Waals surface area contributed by atoms with Gasteiger partial charge in [-0.2, -0.15) is 13.2 Å². The quantitative estimate of drug-likeness (QED) is 0.748. The van der Waals surface area contributed by atoms with Crippen LogP contribution < -0.4 is 11.1 Å². The minimum Gasteiger partial charge on any atom is -0.330 e. The van der Waals surface area contributed by atoms with Gasteiger partial charge in [-0.1, -0.05) is 13.8 Å². The van der Waals surface area contributed by atoms with E-state index in [1.807, 2.05) is 13.8 Å². The molecule has 0 aromatic heterocycles. The van der Waals surface area contributed by atoms with Gasteiger partial charge in [-0.25, -0.2) is 0 Å². The second-order valence-electron chi connectivity index (χ2n) is 4.70. The number of halogens is 3. The van der Waals surface area contributed by atoms with Gasteiger partial charge in [0.2, 0.25) is 0 Å². The Morgan fingerprint density at radius 3 is 2.13 bits per heavy atom. The van der Waals surface area contributed by atoms with Crippen LogP contribution in [0.2, 0.25) is 0 Å². The standard InChI is InChI=1S/C10H19F3N2/c1-7(2)8(5-14)6-15-9(3-4-9)10(11,12)13/h7-8,15H,3-6,14H2,1-2H3. The number of nitrogens with one attached hydrogen (secondary N) is 1. The van der Waals surface area contributed by atoms with E-state index in [4.69, 9.17) is 5.73 Å². The van der Waals surface area contributed by atoms with E-state index in [0.29, 0.717) is 19.0 Å². The molecule has 2 nitrogen and oxygen atoms in total. The Morgan fingerprint density at radius 2 is 1.87 bits per heavy atom. The molecule has 0 bridgehead atoms. The third kappa shape index (κ3) is 2.84. The van der Waals surface area contributed by atoms with Gasteiger partial charge in [0.1, 0.15) is 5.54 Å². The summed E-state index contributed by atoms with van der Waals surface area (Å²) in [5.41, 5.74) is 3.91. The van der Waals surface area contributed by atoms with Crippen LogP contribution in [-0.4, -0.2) is 24.8 Å². The lowest BCUT2D eigenvalue weighted by Crippen LogP contribution is -2.48. The lowest BCUT2D eigenvalue weighted by atomic mass is 9.95. The Bertz CT molecular complexity index is 209. The fraction of sp³-hybridized carbons (Fsp3) is 1.00. The molecule has 0 spiro atoms. The molecule has 3 N–H and O–H groups in total. The average Bonchev–Trinajstić information content (AvgIpc) is 2.84. The van der Waals surface area contributed by atoms with Crippen molar-refractivity contribution < 1.29 is 13.2 Å². The second kappa shape index (κ2) is 4.29. The van der Waals surface area contributed by atoms with Crippen LogP contribution in [0.15, 0.2) is 0 Å². The predicted octanol–water partition coefficient (Wildman–Crippen LogP) is 1.90. The maximum absolute atomic E-state index is 12.6. The van der Waals surface area contributed by atoms with Crippen molar-refractivity contribution >= 4 is 0 Å². The maximum Gasteiger partial charge on any atom is 0.406 e. The highest BCUT2D eigenvalue weighted by Crippen LogP contribution is 2.48. The minimum absolute atomic E-state index is 0.116. The van der Waals surface area contributed by atoms with Crippen molar-refractivity contribution in [2.75, 3.05) is 13.1 Å². The Morgan fingerprint density at radius 1 is 1.33 bits per heavy atom. The van der Waals surface area contributed by atoms with Crippen molar-refractivity contribution in [2.45, 2.75) is 38.4 Å². The van der Waals surface area contributed by atoms with Gasteiger partial charge in [0.05, 0.1) is 0 Å². The monoisotopic (exact) mass is 224 g/mol. The zero-order valence-corrected chi connectivity index (χ0v) is 9.19. The third-order valence-electron chi connectivity index (χ3n) is 3.24. The van der Waals surface area contributed by atoms with E-state index in [1.54, 1.807) is 0 Å². The highest BCUT2D eigenvalue weighted by Gasteiger charge is 2.63. The lowest BCUT2D eigenvalue weighted by molar-refractivity contribution is -0.166. The molecule has 1 aliphatic carbocycles. The lowest BCUT2D eigenvalue weighted by Gasteiger charge is -2.25. The van der Waals surface area contributed by atoms with Gasteiger partial charge in [-0.15, -0.1) is 0 Å². The Hall–Kier alpha value is -0.290. The molecule has 0 aromatic carbocycles. The minimum atomic E-state index is -4.12. The van der Waals surface area contributed by atoms with Crippen molar-refractivity contribution in [3.63, 3.8) is 0 Å². The van der Waals surface area contributed by atoms with Gasteiger partial charge < -0.3 is 11.1 Å². The van der Waals surface area contributed by atoms with Crippen molar-refractivity contribution in [1.29, 1.82) is 0 Å². The van der Waals surface area contributed by atoms with Gasteiger partial charge in [-0.05, 0) is 31.2 Å². The van der Waals surface area contributed by atoms with E-state index < -0.39 is 11.7 Å². The summed E-state index contributed by atoms with van der Waals surface area (Å²) < 4.78 is 37.7. The molecule has 1 fully saturated rings. The first kappa shape index (κ1) is 12.8. The topological polar surface area (TPSA) is 38.0 Å². The smallest absolute Gasteiger partial charge is 0.330 e. The van der Waals surface area contributed by atoms with Crippen molar-refractivity contribution in [3.8, 4) is 0 Å². The van der Waals surface area contributed by atoms with Crippen LogP contribution in [0.4, 0.5) is 13.2 Å². The fourth-order valence-corrected chi connectivity index (χ4v) is 1.60. The van der Waals surface area contributed by atoms with Crippen molar-refractivity contribution in [1.82, 2.24) is 5.32 Å². The largest absolute Gasteiger partial charge is 0.406 e. The van der Waals surface area contributed by atoms with Gasteiger partial charge in [0.15, 0.2) is 0 Å². The molecule has 1 rings (SSSR count). The predicted molar refractivity (Wildman–Crippen MR) is 53.4 cm³/mol. The van der Waals surface area contributed by atoms with Gasteiger partial charge in [0, 0.05) is 6.54 Å². The molecule has 1 aliphatic rings. The van der Waals surface area contributed by atoms with E-state index in [9.17, 15) is 13.2 Å². The Kier molecular flexibility index (Phi) is 3.66. The molecule has 0 aliphatic heterocycles. The van der Waals surface area contributed by atoms with Crippen LogP contribution in [0.25, 0.3) is 0 Å². The summed E-state index contributed by atoms with van der Waals surface area (Å²) in [6.45, 7) is 4.74. The summed E-state index contributed by atoms with van der Waals surface area (Å²) in [4.78, 5) is 0. The molecular weight excluding hydrogens is 205 g/mol. The molecule has 5 heteroatoms. The molecule has 15 heavy (non-hydrogen) atoms. The first-order valence-corrected chi connectivity index (χ1v) is 5.34. The van der Waals surface area contributed by atoms with E-state index in [-0.39, 0.29) is 18.8 Å². The van der Waals surface area contributed by atoms with Gasteiger partial charge >= 0.3 is 6.18 Å². The summed E-state index contributed by atoms with van der Waals surface area (Å²) in [5, 5.41) is 2.64. The zero-order valence-electron chi connectivity index (χ0n) is 9.19. The van der Waals surface area contributed by atoms with E-state index in [1.165, 1.54) is 0 Å². The molecule has 1 unspecified atom stereocenters. The van der Waals surface area contributed by atoms with Crippen LogP contribution >= 0.6 is 0 Å². The van der Waals surface area contributed by atoms with E-state index >= 15 is 0 Å². The number of hydrogen-bond acceptors (Lipinski definition) is 2. The highest BCUT2D eigenvalue weighted by atomic mass is 19.4. The SMILES string of the molecule is CC(C)C(CN)CNC1(C(F)(F)F)CC1. The Labute approximate surface area is 88.4 Å². The van der Waals surface area contributed by atoms with Crippen LogP contribution in [0, 0.1) is 11.8 Å². The second-order valence-corrected chi connectivity index (χ2v) is 4.70. The number of alkyl halides is 3. The molecule has 1 atom stereocenters. The van der Waals surface area contributed by atoms with Crippen LogP contribution in [0.3, 0.4) is 0 Å². The van der Waals surface area contributed by atoms with Crippen LogP contribution in [0.5, 0.6) is 0 Å². The van der Waals surface area contributed by atoms with Crippen molar-refractivity contribution in [2.24, 2.45) is 17.6 Å². The summed E-state index contributed by atoms with van der Waals surface area (Å²) in [7, 11) is 0. The first-order chi connectivity index (χ1) is 6.82. The molecular formula is C10H19F3N2. The molecule has 1 saturated carbocycles. The van der Waals surface area contributed by atoms with Crippen LogP contribution in [-0.2, 0) is 0 Å². The fourth-order valence-electron chi connectivity index (χ4n) is 1.60. The number of hydrogen-bond donors (Lipinski definition) is 2.